The van der Waals surface area contributed by atoms with Gasteiger partial charge in [0.2, 0.25) is 5.91 Å². The summed E-state index contributed by atoms with van der Waals surface area (Å²) in [4.78, 5) is 25.0. The average Bonchev–Trinajstić information content (AvgIpc) is 2.95. The number of rotatable bonds is 3. The molecule has 1 amide bonds. The number of fused-ring (bicyclic) bond motifs is 1. The van der Waals surface area contributed by atoms with E-state index < -0.39 is 5.97 Å². The first kappa shape index (κ1) is 14.2. The molecule has 1 aromatic carbocycles. The zero-order chi connectivity index (χ0) is 15.7. The molecule has 1 N–H and O–H groups in total. The van der Waals surface area contributed by atoms with Crippen LogP contribution in [-0.4, -0.2) is 38.5 Å². The maximum Gasteiger partial charge on any atom is 0.358 e. The number of hydrogen-bond acceptors (Lipinski definition) is 4. The number of anilines is 1. The fourth-order valence-corrected chi connectivity index (χ4v) is 2.64. The topological polar surface area (TPSA) is 88.3 Å². The molecule has 0 bridgehead atoms. The molecule has 0 fully saturated rings. The Hall–Kier alpha value is -2.70. The van der Waals surface area contributed by atoms with Crippen LogP contribution in [0.2, 0.25) is 0 Å². The standard InChI is InChI=1S/C15H16N4O3/c1-10-4-5-11-3-2-6-19(13(11)7-10)14(20)9-18-8-12(15(21)22)16-17-18/h4-5,7-8H,2-3,6,9H2,1H3,(H,21,22). The van der Waals surface area contributed by atoms with E-state index in [2.05, 4.69) is 16.4 Å². The number of benzene rings is 1. The highest BCUT2D eigenvalue weighted by molar-refractivity contribution is 5.94. The number of aryl methyl sites for hydroxylation is 2. The lowest BCUT2D eigenvalue weighted by molar-refractivity contribution is -0.119. The van der Waals surface area contributed by atoms with Gasteiger partial charge in [0.1, 0.15) is 6.54 Å². The molecule has 2 heterocycles. The zero-order valence-electron chi connectivity index (χ0n) is 12.2. The van der Waals surface area contributed by atoms with E-state index in [1.165, 1.54) is 10.9 Å². The van der Waals surface area contributed by atoms with Gasteiger partial charge in [-0.15, -0.1) is 5.10 Å². The molecule has 22 heavy (non-hydrogen) atoms. The third-order valence-corrected chi connectivity index (χ3v) is 3.72. The van der Waals surface area contributed by atoms with E-state index in [1.54, 1.807) is 4.90 Å². The number of amides is 1. The van der Waals surface area contributed by atoms with Gasteiger partial charge in [0, 0.05) is 12.2 Å². The molecule has 0 saturated heterocycles. The minimum Gasteiger partial charge on any atom is -0.476 e. The predicted octanol–water partition coefficient (Wildman–Crippen LogP) is 1.26. The second-order valence-electron chi connectivity index (χ2n) is 5.39. The predicted molar refractivity (Wildman–Crippen MR) is 78.8 cm³/mol. The third kappa shape index (κ3) is 2.69. The number of nitrogens with zero attached hydrogens (tertiary/aromatic N) is 4. The number of carbonyl (C=O) groups excluding carboxylic acids is 1. The Kier molecular flexibility index (Phi) is 3.62. The molecule has 0 aliphatic carbocycles. The molecule has 114 valence electrons. The van der Waals surface area contributed by atoms with Crippen molar-refractivity contribution in [1.29, 1.82) is 0 Å². The molecule has 3 rings (SSSR count). The maximum absolute atomic E-state index is 12.5. The van der Waals surface area contributed by atoms with E-state index >= 15 is 0 Å². The van der Waals surface area contributed by atoms with Gasteiger partial charge in [-0.2, -0.15) is 0 Å². The van der Waals surface area contributed by atoms with Crippen molar-refractivity contribution < 1.29 is 14.7 Å². The quantitative estimate of drug-likeness (QED) is 0.922. The Balaban J connectivity index is 1.81. The van der Waals surface area contributed by atoms with Crippen LogP contribution in [0.1, 0.15) is 28.0 Å². The molecular formula is C15H16N4O3. The Morgan fingerprint density at radius 1 is 1.36 bits per heavy atom. The zero-order valence-corrected chi connectivity index (χ0v) is 12.2. The smallest absolute Gasteiger partial charge is 0.358 e. The molecule has 0 atom stereocenters. The lowest BCUT2D eigenvalue weighted by Gasteiger charge is -2.29. The highest BCUT2D eigenvalue weighted by atomic mass is 16.4. The van der Waals surface area contributed by atoms with E-state index in [0.29, 0.717) is 6.54 Å². The van der Waals surface area contributed by atoms with Gasteiger partial charge < -0.3 is 10.0 Å². The molecule has 0 saturated carbocycles. The van der Waals surface area contributed by atoms with Crippen LogP contribution in [-0.2, 0) is 17.8 Å². The summed E-state index contributed by atoms with van der Waals surface area (Å²) < 4.78 is 1.26. The molecule has 2 aromatic rings. The molecule has 0 radical (unpaired) electrons. The van der Waals surface area contributed by atoms with Crippen molar-refractivity contribution in [2.75, 3.05) is 11.4 Å². The molecule has 1 aliphatic rings. The highest BCUT2D eigenvalue weighted by Gasteiger charge is 2.23. The molecular weight excluding hydrogens is 284 g/mol. The fourth-order valence-electron chi connectivity index (χ4n) is 2.64. The van der Waals surface area contributed by atoms with E-state index in [1.807, 2.05) is 19.1 Å². The summed E-state index contributed by atoms with van der Waals surface area (Å²) in [5.74, 6) is -1.27. The van der Waals surface area contributed by atoms with Crippen molar-refractivity contribution in [2.45, 2.75) is 26.3 Å². The first-order valence-corrected chi connectivity index (χ1v) is 7.08. The minimum absolute atomic E-state index is 0.0202. The van der Waals surface area contributed by atoms with Crippen molar-refractivity contribution in [3.05, 3.63) is 41.2 Å². The Bertz CT molecular complexity index is 738. The van der Waals surface area contributed by atoms with E-state index in [9.17, 15) is 9.59 Å². The number of hydrogen-bond donors (Lipinski definition) is 1. The summed E-state index contributed by atoms with van der Waals surface area (Å²) in [7, 11) is 0. The first-order valence-electron chi connectivity index (χ1n) is 7.08. The number of carbonyl (C=O) groups is 2. The van der Waals surface area contributed by atoms with Gasteiger partial charge in [-0.3, -0.25) is 4.79 Å². The molecule has 0 spiro atoms. The third-order valence-electron chi connectivity index (χ3n) is 3.72. The first-order chi connectivity index (χ1) is 10.5. The number of aromatic carboxylic acids is 1. The molecule has 1 aliphatic heterocycles. The second-order valence-corrected chi connectivity index (χ2v) is 5.39. The van der Waals surface area contributed by atoms with Crippen LogP contribution < -0.4 is 4.90 Å². The molecule has 0 unspecified atom stereocenters. The summed E-state index contributed by atoms with van der Waals surface area (Å²) in [6.07, 6.45) is 3.15. The lowest BCUT2D eigenvalue weighted by Crippen LogP contribution is -2.37. The van der Waals surface area contributed by atoms with E-state index in [0.717, 1.165) is 29.7 Å². The van der Waals surface area contributed by atoms with Gasteiger partial charge in [0.05, 0.1) is 6.20 Å². The van der Waals surface area contributed by atoms with Crippen LogP contribution in [0.15, 0.2) is 24.4 Å². The van der Waals surface area contributed by atoms with Gasteiger partial charge in [-0.1, -0.05) is 17.3 Å². The summed E-state index contributed by atoms with van der Waals surface area (Å²) in [6.45, 7) is 2.64. The number of carboxylic acid groups (broad SMARTS) is 1. The van der Waals surface area contributed by atoms with Crippen LogP contribution in [0.4, 0.5) is 5.69 Å². The van der Waals surface area contributed by atoms with Crippen molar-refractivity contribution in [3.8, 4) is 0 Å². The Morgan fingerprint density at radius 2 is 2.18 bits per heavy atom. The van der Waals surface area contributed by atoms with Gasteiger partial charge in [0.15, 0.2) is 5.69 Å². The second kappa shape index (κ2) is 5.59. The molecule has 1 aromatic heterocycles. The van der Waals surface area contributed by atoms with Crippen molar-refractivity contribution in [1.82, 2.24) is 15.0 Å². The van der Waals surface area contributed by atoms with Crippen LogP contribution in [0.25, 0.3) is 0 Å². The van der Waals surface area contributed by atoms with Crippen LogP contribution in [0.5, 0.6) is 0 Å². The maximum atomic E-state index is 12.5. The normalized spacial score (nSPS) is 13.8. The number of aromatic nitrogens is 3. The number of carboxylic acids is 1. The summed E-state index contributed by atoms with van der Waals surface area (Å²) in [5.41, 5.74) is 3.04. The largest absolute Gasteiger partial charge is 0.476 e. The van der Waals surface area contributed by atoms with Crippen LogP contribution in [0.3, 0.4) is 0 Å². The van der Waals surface area contributed by atoms with Crippen LogP contribution >= 0.6 is 0 Å². The van der Waals surface area contributed by atoms with Crippen LogP contribution in [0, 0.1) is 6.92 Å². The Labute approximate surface area is 127 Å². The minimum atomic E-state index is -1.15. The fraction of sp³-hybridized carbons (Fsp3) is 0.333. The summed E-state index contributed by atoms with van der Waals surface area (Å²) in [5, 5.41) is 16.0. The van der Waals surface area contributed by atoms with Crippen molar-refractivity contribution in [2.24, 2.45) is 0 Å². The SMILES string of the molecule is Cc1ccc2c(c1)N(C(=O)Cn1cc(C(=O)O)nn1)CCC2. The molecule has 7 heteroatoms. The van der Waals surface area contributed by atoms with Gasteiger partial charge in [-0.25, -0.2) is 9.48 Å². The van der Waals surface area contributed by atoms with E-state index in [4.69, 9.17) is 5.11 Å². The van der Waals surface area contributed by atoms with Crippen molar-refractivity contribution in [3.63, 3.8) is 0 Å². The van der Waals surface area contributed by atoms with Crippen molar-refractivity contribution >= 4 is 17.6 Å². The van der Waals surface area contributed by atoms with Gasteiger partial charge in [-0.05, 0) is 37.0 Å². The van der Waals surface area contributed by atoms with E-state index in [-0.39, 0.29) is 18.1 Å². The Morgan fingerprint density at radius 3 is 2.91 bits per heavy atom. The lowest BCUT2D eigenvalue weighted by atomic mass is 10.00. The monoisotopic (exact) mass is 300 g/mol. The highest BCUT2D eigenvalue weighted by Crippen LogP contribution is 2.28. The van der Waals surface area contributed by atoms with Gasteiger partial charge in [0.25, 0.3) is 0 Å². The average molecular weight is 300 g/mol. The summed E-state index contributed by atoms with van der Waals surface area (Å²) >= 11 is 0. The molecule has 7 nitrogen and oxygen atoms in total. The van der Waals surface area contributed by atoms with Gasteiger partial charge >= 0.3 is 5.97 Å². The summed E-state index contributed by atoms with van der Waals surface area (Å²) in [6, 6.07) is 6.11.